The first-order chi connectivity index (χ1) is 21.9. The summed E-state index contributed by atoms with van der Waals surface area (Å²) in [5, 5.41) is 14.4. The molecule has 0 aliphatic heterocycles. The molecule has 3 aromatic carbocycles. The quantitative estimate of drug-likeness (QED) is 0.192. The number of rotatable bonds is 13. The summed E-state index contributed by atoms with van der Waals surface area (Å²) < 4.78 is 11.6. The van der Waals surface area contributed by atoms with E-state index in [1.165, 1.54) is 4.80 Å². The average molecular weight is 626 g/mol. The van der Waals surface area contributed by atoms with Crippen molar-refractivity contribution in [3.05, 3.63) is 107 Å². The molecule has 0 saturated heterocycles. The number of amides is 2. The van der Waals surface area contributed by atoms with Gasteiger partial charge in [-0.25, -0.2) is 4.79 Å². The summed E-state index contributed by atoms with van der Waals surface area (Å²) in [6, 6.07) is 24.6. The highest BCUT2D eigenvalue weighted by molar-refractivity contribution is 5.97. The first-order valence-corrected chi connectivity index (χ1v) is 15.5. The van der Waals surface area contributed by atoms with Gasteiger partial charge in [-0.2, -0.15) is 9.90 Å². The number of aryl methyl sites for hydroxylation is 1. The fraction of sp³-hybridized carbons (Fsp3) is 0.361. The molecule has 0 bridgehead atoms. The largest absolute Gasteiger partial charge is 0.489 e. The third-order valence-electron chi connectivity index (χ3n) is 6.93. The maximum absolute atomic E-state index is 13.7. The monoisotopic (exact) mass is 625 g/mol. The van der Waals surface area contributed by atoms with Gasteiger partial charge in [0, 0.05) is 6.42 Å². The van der Waals surface area contributed by atoms with E-state index in [-0.39, 0.29) is 18.0 Å². The molecule has 2 atom stereocenters. The molecule has 2 N–H and O–H groups in total. The Hall–Kier alpha value is -4.99. The summed E-state index contributed by atoms with van der Waals surface area (Å²) in [7, 11) is 0. The van der Waals surface area contributed by atoms with Gasteiger partial charge in [0.25, 0.3) is 5.91 Å². The number of carbonyl (C=O) groups is 3. The zero-order chi connectivity index (χ0) is 33.3. The standard InChI is InChI=1S/C36H43N5O5/c1-24(2)21-30(37-34(43)32-25(3)39-41(40-32)28-15-11-8-12-16-28)33(42)38-31(35(44)46-36(4,5)6)22-26-17-19-29(20-18-26)45-23-27-13-9-7-10-14-27/h7-20,24,30-31H,21-23H2,1-6H3,(H,37,43)(H,38,42). The number of esters is 1. The normalized spacial score (nSPS) is 12.7. The zero-order valence-electron chi connectivity index (χ0n) is 27.3. The van der Waals surface area contributed by atoms with Crippen LogP contribution in [-0.2, 0) is 27.4 Å². The fourth-order valence-corrected chi connectivity index (χ4v) is 4.73. The third kappa shape index (κ3) is 10.0. The van der Waals surface area contributed by atoms with Gasteiger partial charge in [0.1, 0.15) is 30.0 Å². The molecule has 0 fully saturated rings. The average Bonchev–Trinajstić information content (AvgIpc) is 3.41. The van der Waals surface area contributed by atoms with E-state index in [2.05, 4.69) is 20.8 Å². The van der Waals surface area contributed by atoms with Crippen molar-refractivity contribution >= 4 is 17.8 Å². The van der Waals surface area contributed by atoms with Crippen molar-refractivity contribution < 1.29 is 23.9 Å². The van der Waals surface area contributed by atoms with Crippen LogP contribution in [0.15, 0.2) is 84.9 Å². The molecule has 0 saturated carbocycles. The molecule has 10 nitrogen and oxygen atoms in total. The zero-order valence-corrected chi connectivity index (χ0v) is 27.3. The highest BCUT2D eigenvalue weighted by Crippen LogP contribution is 2.18. The first-order valence-electron chi connectivity index (χ1n) is 15.5. The minimum Gasteiger partial charge on any atom is -0.489 e. The highest BCUT2D eigenvalue weighted by Gasteiger charge is 2.31. The smallest absolute Gasteiger partial charge is 0.329 e. The van der Waals surface area contributed by atoms with Crippen molar-refractivity contribution in [2.24, 2.45) is 5.92 Å². The molecule has 2 amide bonds. The Morgan fingerprint density at radius 3 is 2.04 bits per heavy atom. The van der Waals surface area contributed by atoms with Crippen LogP contribution in [-0.4, -0.2) is 50.5 Å². The van der Waals surface area contributed by atoms with E-state index in [0.717, 1.165) is 11.1 Å². The summed E-state index contributed by atoms with van der Waals surface area (Å²) >= 11 is 0. The molecular formula is C36H43N5O5. The van der Waals surface area contributed by atoms with Crippen LogP contribution in [0.3, 0.4) is 0 Å². The third-order valence-corrected chi connectivity index (χ3v) is 6.93. The second-order valence-corrected chi connectivity index (χ2v) is 12.6. The van der Waals surface area contributed by atoms with E-state index in [1.54, 1.807) is 27.7 Å². The predicted molar refractivity (Wildman–Crippen MR) is 176 cm³/mol. The molecule has 4 aromatic rings. The molecule has 46 heavy (non-hydrogen) atoms. The Labute approximate surface area is 270 Å². The van der Waals surface area contributed by atoms with Crippen LogP contribution < -0.4 is 15.4 Å². The number of para-hydroxylation sites is 1. The van der Waals surface area contributed by atoms with Crippen LogP contribution in [0.2, 0.25) is 0 Å². The van der Waals surface area contributed by atoms with Crippen molar-refractivity contribution in [2.75, 3.05) is 0 Å². The number of hydrogen-bond donors (Lipinski definition) is 2. The number of ether oxygens (including phenoxy) is 2. The maximum atomic E-state index is 13.7. The van der Waals surface area contributed by atoms with Crippen molar-refractivity contribution in [3.63, 3.8) is 0 Å². The lowest BCUT2D eigenvalue weighted by molar-refractivity contribution is -0.158. The molecule has 1 aromatic heterocycles. The minimum absolute atomic E-state index is 0.0700. The van der Waals surface area contributed by atoms with E-state index in [1.807, 2.05) is 98.8 Å². The molecule has 10 heteroatoms. The van der Waals surface area contributed by atoms with Gasteiger partial charge in [-0.3, -0.25) is 9.59 Å². The van der Waals surface area contributed by atoms with Gasteiger partial charge in [-0.15, -0.1) is 5.10 Å². The van der Waals surface area contributed by atoms with Gasteiger partial charge in [0.05, 0.1) is 11.4 Å². The van der Waals surface area contributed by atoms with Crippen LogP contribution in [0.5, 0.6) is 5.75 Å². The van der Waals surface area contributed by atoms with Crippen LogP contribution in [0.4, 0.5) is 0 Å². The van der Waals surface area contributed by atoms with Crippen molar-refractivity contribution in [1.82, 2.24) is 25.6 Å². The van der Waals surface area contributed by atoms with E-state index in [9.17, 15) is 14.4 Å². The van der Waals surface area contributed by atoms with Crippen LogP contribution in [0.1, 0.15) is 68.3 Å². The Kier molecular flexibility index (Phi) is 11.3. The summed E-state index contributed by atoms with van der Waals surface area (Å²) in [5.74, 6) is -0.832. The lowest BCUT2D eigenvalue weighted by atomic mass is 10.0. The number of nitrogens with zero attached hydrogens (tertiary/aromatic N) is 3. The minimum atomic E-state index is -0.991. The number of carbonyl (C=O) groups excluding carboxylic acids is 3. The van der Waals surface area contributed by atoms with Crippen LogP contribution >= 0.6 is 0 Å². The predicted octanol–water partition coefficient (Wildman–Crippen LogP) is 5.37. The number of benzene rings is 3. The molecule has 4 rings (SSSR count). The number of aromatic nitrogens is 3. The highest BCUT2D eigenvalue weighted by atomic mass is 16.6. The van der Waals surface area contributed by atoms with Crippen LogP contribution in [0, 0.1) is 12.8 Å². The Morgan fingerprint density at radius 1 is 0.804 bits per heavy atom. The lowest BCUT2D eigenvalue weighted by Crippen LogP contribution is -2.53. The van der Waals surface area contributed by atoms with E-state index in [0.29, 0.717) is 30.2 Å². The lowest BCUT2D eigenvalue weighted by Gasteiger charge is -2.27. The Bertz CT molecular complexity index is 1600. The van der Waals surface area contributed by atoms with Crippen molar-refractivity contribution in [1.29, 1.82) is 0 Å². The molecule has 0 radical (unpaired) electrons. The van der Waals surface area contributed by atoms with Gasteiger partial charge in [-0.1, -0.05) is 74.5 Å². The molecule has 1 heterocycles. The molecule has 0 aliphatic rings. The van der Waals surface area contributed by atoms with E-state index in [4.69, 9.17) is 9.47 Å². The maximum Gasteiger partial charge on any atom is 0.329 e. The van der Waals surface area contributed by atoms with Gasteiger partial charge in [-0.05, 0) is 75.4 Å². The second-order valence-electron chi connectivity index (χ2n) is 12.6. The molecule has 242 valence electrons. The summed E-state index contributed by atoms with van der Waals surface area (Å²) in [4.78, 5) is 41.8. The van der Waals surface area contributed by atoms with Crippen molar-refractivity contribution in [2.45, 2.75) is 78.7 Å². The second kappa shape index (κ2) is 15.3. The van der Waals surface area contributed by atoms with Crippen LogP contribution in [0.25, 0.3) is 5.69 Å². The topological polar surface area (TPSA) is 124 Å². The van der Waals surface area contributed by atoms with Gasteiger partial charge in [0.2, 0.25) is 5.91 Å². The van der Waals surface area contributed by atoms with Gasteiger partial charge in [0.15, 0.2) is 5.69 Å². The summed E-state index contributed by atoms with van der Waals surface area (Å²) in [5.41, 5.74) is 2.34. The van der Waals surface area contributed by atoms with Gasteiger partial charge < -0.3 is 20.1 Å². The molecule has 2 unspecified atom stereocenters. The first kappa shape index (κ1) is 33.9. The van der Waals surface area contributed by atoms with Crippen molar-refractivity contribution in [3.8, 4) is 11.4 Å². The Balaban J connectivity index is 1.48. The number of nitrogens with one attached hydrogen (secondary N) is 2. The van der Waals surface area contributed by atoms with E-state index >= 15 is 0 Å². The van der Waals surface area contributed by atoms with E-state index < -0.39 is 35.5 Å². The summed E-state index contributed by atoms with van der Waals surface area (Å²) in [6.45, 7) is 11.4. The number of hydrogen-bond acceptors (Lipinski definition) is 7. The molecule has 0 aliphatic carbocycles. The van der Waals surface area contributed by atoms with Gasteiger partial charge >= 0.3 is 5.97 Å². The Morgan fingerprint density at radius 2 is 1.43 bits per heavy atom. The summed E-state index contributed by atoms with van der Waals surface area (Å²) in [6.07, 6.45) is 0.532. The fourth-order valence-electron chi connectivity index (χ4n) is 4.73. The molecular weight excluding hydrogens is 582 g/mol. The molecule has 0 spiro atoms. The SMILES string of the molecule is Cc1nn(-c2ccccc2)nc1C(=O)NC(CC(C)C)C(=O)NC(Cc1ccc(OCc2ccccc2)cc1)C(=O)OC(C)(C)C.